The lowest BCUT2D eigenvalue weighted by Crippen LogP contribution is -1.99. The molecule has 7 heteroatoms. The number of aromatic nitrogens is 1. The van der Waals surface area contributed by atoms with E-state index >= 15 is 0 Å². The Bertz CT molecular complexity index is 507. The first kappa shape index (κ1) is 10.7. The first-order valence-electron chi connectivity index (χ1n) is 4.14. The van der Waals surface area contributed by atoms with Crippen molar-refractivity contribution in [3.8, 4) is 11.5 Å². The summed E-state index contributed by atoms with van der Waals surface area (Å²) in [7, 11) is 0. The van der Waals surface area contributed by atoms with Crippen LogP contribution in [-0.2, 0) is 0 Å². The second-order valence-corrected chi connectivity index (χ2v) is 3.63. The second-order valence-electron chi connectivity index (χ2n) is 2.85. The van der Waals surface area contributed by atoms with Crippen LogP contribution < -0.4 is 0 Å². The molecular weight excluding hydrogens is 240 g/mol. The maximum Gasteiger partial charge on any atom is 0.374 e. The number of rotatable bonds is 3. The van der Waals surface area contributed by atoms with Crippen LogP contribution in [0.15, 0.2) is 21.2 Å². The van der Waals surface area contributed by atoms with Gasteiger partial charge in [0.15, 0.2) is 5.69 Å². The van der Waals surface area contributed by atoms with Crippen LogP contribution in [0.2, 0.25) is 0 Å². The summed E-state index contributed by atoms with van der Waals surface area (Å²) >= 11 is 1.33. The van der Waals surface area contributed by atoms with Crippen LogP contribution in [-0.4, -0.2) is 16.1 Å². The Labute approximate surface area is 92.2 Å². The smallest absolute Gasteiger partial charge is 0.374 e. The van der Waals surface area contributed by atoms with Crippen LogP contribution >= 0.6 is 11.3 Å². The van der Waals surface area contributed by atoms with Crippen LogP contribution in [0.25, 0.3) is 11.5 Å². The molecule has 2 aromatic rings. The molecule has 0 aromatic carbocycles. The first-order chi connectivity index (χ1) is 7.59. The van der Waals surface area contributed by atoms with Crippen molar-refractivity contribution in [2.45, 2.75) is 6.43 Å². The number of nitrogens with zero attached hydrogens (tertiary/aromatic N) is 1. The molecule has 2 aromatic heterocycles. The van der Waals surface area contributed by atoms with Crippen LogP contribution in [0, 0.1) is 0 Å². The Balaban J connectivity index is 2.51. The summed E-state index contributed by atoms with van der Waals surface area (Å²) in [5.74, 6) is -2.46. The van der Waals surface area contributed by atoms with Crippen molar-refractivity contribution in [3.63, 3.8) is 0 Å². The van der Waals surface area contributed by atoms with Gasteiger partial charge in [0.2, 0.25) is 11.7 Å². The zero-order valence-electron chi connectivity index (χ0n) is 7.68. The third kappa shape index (κ3) is 1.81. The standard InChI is InChI=1S/C9H5F2NO3S/c10-7(11)5-6(9(13)14)15-8(12-5)4-1-2-16-3-4/h1-3,7H,(H,13,14). The molecule has 0 amide bonds. The number of hydrogen-bond acceptors (Lipinski definition) is 4. The van der Waals surface area contributed by atoms with E-state index in [1.165, 1.54) is 11.3 Å². The molecule has 0 fully saturated rings. The van der Waals surface area contributed by atoms with Crippen molar-refractivity contribution in [1.29, 1.82) is 0 Å². The summed E-state index contributed by atoms with van der Waals surface area (Å²) < 4.78 is 29.7. The van der Waals surface area contributed by atoms with Crippen LogP contribution in [0.4, 0.5) is 8.78 Å². The Hall–Kier alpha value is -1.76. The molecule has 0 saturated heterocycles. The van der Waals surface area contributed by atoms with Gasteiger partial charge < -0.3 is 9.52 Å². The van der Waals surface area contributed by atoms with Gasteiger partial charge >= 0.3 is 5.97 Å². The van der Waals surface area contributed by atoms with Gasteiger partial charge in [0.25, 0.3) is 6.43 Å². The summed E-state index contributed by atoms with van der Waals surface area (Å²) in [5, 5.41) is 12.0. The number of aromatic carboxylic acids is 1. The van der Waals surface area contributed by atoms with E-state index in [0.29, 0.717) is 5.56 Å². The Morgan fingerprint density at radius 1 is 1.56 bits per heavy atom. The van der Waals surface area contributed by atoms with E-state index in [0.717, 1.165) is 0 Å². The molecule has 0 spiro atoms. The van der Waals surface area contributed by atoms with Crippen molar-refractivity contribution >= 4 is 17.3 Å². The van der Waals surface area contributed by atoms with E-state index in [1.807, 2.05) is 0 Å². The highest BCUT2D eigenvalue weighted by Crippen LogP contribution is 2.29. The number of halogens is 2. The minimum Gasteiger partial charge on any atom is -0.475 e. The summed E-state index contributed by atoms with van der Waals surface area (Å²) in [6, 6.07) is 1.61. The second kappa shape index (κ2) is 4.01. The maximum atomic E-state index is 12.5. The number of carboxylic acids is 1. The van der Waals surface area contributed by atoms with E-state index in [9.17, 15) is 13.6 Å². The molecule has 2 rings (SSSR count). The molecule has 0 aliphatic rings. The summed E-state index contributed by atoms with van der Waals surface area (Å²) in [6.45, 7) is 0. The van der Waals surface area contributed by atoms with E-state index in [1.54, 1.807) is 16.8 Å². The molecule has 0 radical (unpaired) electrons. The Morgan fingerprint density at radius 3 is 2.75 bits per heavy atom. The molecule has 0 bridgehead atoms. The van der Waals surface area contributed by atoms with Crippen molar-refractivity contribution in [2.75, 3.05) is 0 Å². The number of carbonyl (C=O) groups is 1. The minimum atomic E-state index is -2.97. The van der Waals surface area contributed by atoms with Crippen LogP contribution in [0.5, 0.6) is 0 Å². The Morgan fingerprint density at radius 2 is 2.31 bits per heavy atom. The van der Waals surface area contributed by atoms with Gasteiger partial charge in [-0.15, -0.1) is 0 Å². The molecule has 0 unspecified atom stereocenters. The van der Waals surface area contributed by atoms with Gasteiger partial charge in [0.05, 0.1) is 0 Å². The SMILES string of the molecule is O=C(O)c1oc(-c2ccsc2)nc1C(F)F. The zero-order chi connectivity index (χ0) is 11.7. The zero-order valence-corrected chi connectivity index (χ0v) is 8.50. The molecular formula is C9H5F2NO3S. The molecule has 16 heavy (non-hydrogen) atoms. The lowest BCUT2D eigenvalue weighted by Gasteiger charge is -1.91. The maximum absolute atomic E-state index is 12.5. The van der Waals surface area contributed by atoms with Gasteiger partial charge in [-0.1, -0.05) is 0 Å². The average Bonchev–Trinajstić information content (AvgIpc) is 2.86. The molecule has 1 N–H and O–H groups in total. The highest BCUT2D eigenvalue weighted by Gasteiger charge is 2.26. The van der Waals surface area contributed by atoms with Crippen molar-refractivity contribution in [3.05, 3.63) is 28.3 Å². The summed E-state index contributed by atoms with van der Waals surface area (Å²) in [6.07, 6.45) is -2.97. The summed E-state index contributed by atoms with van der Waals surface area (Å²) in [5.41, 5.74) is -0.354. The van der Waals surface area contributed by atoms with Gasteiger partial charge in [-0.3, -0.25) is 0 Å². The number of hydrogen-bond donors (Lipinski definition) is 1. The molecule has 0 aliphatic carbocycles. The summed E-state index contributed by atoms with van der Waals surface area (Å²) in [4.78, 5) is 14.1. The molecule has 2 heterocycles. The normalized spacial score (nSPS) is 10.9. The highest BCUT2D eigenvalue weighted by molar-refractivity contribution is 7.08. The molecule has 84 valence electrons. The fourth-order valence-electron chi connectivity index (χ4n) is 1.14. The number of carboxylic acid groups (broad SMARTS) is 1. The van der Waals surface area contributed by atoms with E-state index in [2.05, 4.69) is 4.98 Å². The lowest BCUT2D eigenvalue weighted by atomic mass is 10.3. The van der Waals surface area contributed by atoms with Gasteiger partial charge in [-0.2, -0.15) is 11.3 Å². The van der Waals surface area contributed by atoms with Gasteiger partial charge in [-0.05, 0) is 11.4 Å². The van der Waals surface area contributed by atoms with Gasteiger partial charge in [0, 0.05) is 10.9 Å². The largest absolute Gasteiger partial charge is 0.475 e. The number of alkyl halides is 2. The van der Waals surface area contributed by atoms with Crippen molar-refractivity contribution in [1.82, 2.24) is 4.98 Å². The van der Waals surface area contributed by atoms with E-state index < -0.39 is 23.8 Å². The topological polar surface area (TPSA) is 63.3 Å². The molecule has 4 nitrogen and oxygen atoms in total. The number of oxazole rings is 1. The third-order valence-electron chi connectivity index (χ3n) is 1.82. The van der Waals surface area contributed by atoms with Crippen molar-refractivity contribution < 1.29 is 23.1 Å². The van der Waals surface area contributed by atoms with Crippen LogP contribution in [0.1, 0.15) is 22.7 Å². The number of thiophene rings is 1. The monoisotopic (exact) mass is 245 g/mol. The van der Waals surface area contributed by atoms with Crippen LogP contribution in [0.3, 0.4) is 0 Å². The fourth-order valence-corrected chi connectivity index (χ4v) is 1.77. The molecule has 0 aliphatic heterocycles. The molecule has 0 saturated carbocycles. The van der Waals surface area contributed by atoms with E-state index in [-0.39, 0.29) is 5.89 Å². The fraction of sp³-hybridized carbons (Fsp3) is 0.111. The quantitative estimate of drug-likeness (QED) is 0.902. The van der Waals surface area contributed by atoms with Gasteiger partial charge in [-0.25, -0.2) is 18.6 Å². The molecule has 0 atom stereocenters. The predicted molar refractivity (Wildman–Crippen MR) is 51.7 cm³/mol. The Kier molecular flexibility index (Phi) is 2.69. The predicted octanol–water partition coefficient (Wildman–Crippen LogP) is 3.04. The highest BCUT2D eigenvalue weighted by atomic mass is 32.1. The lowest BCUT2D eigenvalue weighted by molar-refractivity contribution is 0.0647. The minimum absolute atomic E-state index is 0.103. The van der Waals surface area contributed by atoms with Gasteiger partial charge in [0.1, 0.15) is 0 Å². The first-order valence-corrected chi connectivity index (χ1v) is 5.08. The average molecular weight is 245 g/mol. The third-order valence-corrected chi connectivity index (χ3v) is 2.51. The van der Waals surface area contributed by atoms with Crippen molar-refractivity contribution in [2.24, 2.45) is 0 Å². The van der Waals surface area contributed by atoms with E-state index in [4.69, 9.17) is 9.52 Å².